The van der Waals surface area contributed by atoms with Gasteiger partial charge in [0.2, 0.25) is 0 Å². The third kappa shape index (κ3) is 3.02. The summed E-state index contributed by atoms with van der Waals surface area (Å²) in [6.07, 6.45) is 0.917. The highest BCUT2D eigenvalue weighted by Gasteiger charge is 2.27. The molecule has 0 spiro atoms. The van der Waals surface area contributed by atoms with Crippen LogP contribution in [0, 0.1) is 5.41 Å². The highest BCUT2D eigenvalue weighted by molar-refractivity contribution is 5.82. The maximum absolute atomic E-state index is 11.2. The molecule has 0 saturated heterocycles. The summed E-state index contributed by atoms with van der Waals surface area (Å²) >= 11 is 0. The molecule has 1 atom stereocenters. The molecule has 0 amide bonds. The minimum Gasteiger partial charge on any atom is -0.308 e. The molecule has 11 heavy (non-hydrogen) atoms. The van der Waals surface area contributed by atoms with Gasteiger partial charge in [-0.25, -0.2) is 0 Å². The first-order valence-corrected chi connectivity index (χ1v) is 4.08. The second-order valence-corrected chi connectivity index (χ2v) is 3.71. The van der Waals surface area contributed by atoms with E-state index in [1.165, 1.54) is 0 Å². The van der Waals surface area contributed by atoms with Crippen molar-refractivity contribution in [2.75, 3.05) is 20.6 Å². The van der Waals surface area contributed by atoms with Gasteiger partial charge in [0.05, 0.1) is 0 Å². The lowest BCUT2D eigenvalue weighted by Gasteiger charge is -2.28. The standard InChI is InChI=1S/C9H19NO/c1-6-9(3,8(2)11)7-10(4)5/h6-7H2,1-5H3. The Morgan fingerprint density at radius 2 is 1.91 bits per heavy atom. The first-order valence-electron chi connectivity index (χ1n) is 4.08. The summed E-state index contributed by atoms with van der Waals surface area (Å²) in [7, 11) is 3.99. The van der Waals surface area contributed by atoms with Gasteiger partial charge in [0.15, 0.2) is 0 Å². The molecule has 0 aromatic heterocycles. The van der Waals surface area contributed by atoms with E-state index < -0.39 is 0 Å². The van der Waals surface area contributed by atoms with Crippen LogP contribution in [0.2, 0.25) is 0 Å². The van der Waals surface area contributed by atoms with Crippen LogP contribution in [0.3, 0.4) is 0 Å². The maximum atomic E-state index is 11.2. The van der Waals surface area contributed by atoms with Crippen molar-refractivity contribution in [2.24, 2.45) is 5.41 Å². The lowest BCUT2D eigenvalue weighted by molar-refractivity contribution is -0.126. The van der Waals surface area contributed by atoms with Gasteiger partial charge >= 0.3 is 0 Å². The number of ketones is 1. The van der Waals surface area contributed by atoms with Crippen LogP contribution in [0.1, 0.15) is 27.2 Å². The van der Waals surface area contributed by atoms with E-state index in [4.69, 9.17) is 0 Å². The zero-order chi connectivity index (χ0) is 9.07. The van der Waals surface area contributed by atoms with Crippen molar-refractivity contribution in [3.63, 3.8) is 0 Å². The fraction of sp³-hybridized carbons (Fsp3) is 0.889. The third-order valence-electron chi connectivity index (χ3n) is 2.30. The Bertz CT molecular complexity index is 142. The summed E-state index contributed by atoms with van der Waals surface area (Å²) in [6.45, 7) is 6.60. The summed E-state index contributed by atoms with van der Waals surface area (Å²) in [5.41, 5.74) is -0.149. The molecule has 2 nitrogen and oxygen atoms in total. The molecular formula is C9H19NO. The topological polar surface area (TPSA) is 20.3 Å². The van der Waals surface area contributed by atoms with Crippen LogP contribution < -0.4 is 0 Å². The number of carbonyl (C=O) groups is 1. The summed E-state index contributed by atoms with van der Waals surface area (Å²) in [6, 6.07) is 0. The van der Waals surface area contributed by atoms with Gasteiger partial charge in [0, 0.05) is 12.0 Å². The average molecular weight is 157 g/mol. The Kier molecular flexibility index (Phi) is 3.73. The van der Waals surface area contributed by atoms with E-state index in [9.17, 15) is 4.79 Å². The first-order chi connectivity index (χ1) is 4.92. The molecule has 0 aliphatic carbocycles. The molecule has 0 aliphatic heterocycles. The molecule has 0 aliphatic rings. The molecule has 0 rings (SSSR count). The summed E-state index contributed by atoms with van der Waals surface area (Å²) in [5.74, 6) is 0.286. The van der Waals surface area contributed by atoms with E-state index in [0.29, 0.717) is 0 Å². The Balaban J connectivity index is 4.22. The molecule has 2 heteroatoms. The van der Waals surface area contributed by atoms with Crippen LogP contribution in [0.15, 0.2) is 0 Å². The molecule has 0 N–H and O–H groups in total. The smallest absolute Gasteiger partial charge is 0.136 e. The number of hydrogen-bond donors (Lipinski definition) is 0. The molecule has 1 unspecified atom stereocenters. The van der Waals surface area contributed by atoms with Crippen molar-refractivity contribution < 1.29 is 4.79 Å². The normalized spacial score (nSPS) is 16.5. The van der Waals surface area contributed by atoms with Crippen LogP contribution in [-0.2, 0) is 4.79 Å². The third-order valence-corrected chi connectivity index (χ3v) is 2.30. The van der Waals surface area contributed by atoms with Crippen LogP contribution in [0.25, 0.3) is 0 Å². The van der Waals surface area contributed by atoms with Gasteiger partial charge in [-0.1, -0.05) is 13.8 Å². The second-order valence-electron chi connectivity index (χ2n) is 3.71. The van der Waals surface area contributed by atoms with Crippen molar-refractivity contribution >= 4 is 5.78 Å². The zero-order valence-corrected chi connectivity index (χ0v) is 8.27. The van der Waals surface area contributed by atoms with E-state index in [1.807, 2.05) is 21.0 Å². The zero-order valence-electron chi connectivity index (χ0n) is 8.27. The Morgan fingerprint density at radius 1 is 1.45 bits per heavy atom. The van der Waals surface area contributed by atoms with Crippen LogP contribution in [-0.4, -0.2) is 31.3 Å². The lowest BCUT2D eigenvalue weighted by Crippen LogP contribution is -2.36. The monoisotopic (exact) mass is 157 g/mol. The summed E-state index contributed by atoms with van der Waals surface area (Å²) in [4.78, 5) is 13.3. The highest BCUT2D eigenvalue weighted by atomic mass is 16.1. The Labute approximate surface area is 69.6 Å². The van der Waals surface area contributed by atoms with E-state index in [1.54, 1.807) is 6.92 Å². The van der Waals surface area contributed by atoms with Gasteiger partial charge in [0.1, 0.15) is 5.78 Å². The van der Waals surface area contributed by atoms with Crippen molar-refractivity contribution in [2.45, 2.75) is 27.2 Å². The molecule has 0 saturated carbocycles. The van der Waals surface area contributed by atoms with Crippen molar-refractivity contribution in [3.8, 4) is 0 Å². The summed E-state index contributed by atoms with van der Waals surface area (Å²) < 4.78 is 0. The predicted molar refractivity (Wildman–Crippen MR) is 47.6 cm³/mol. The molecular weight excluding hydrogens is 138 g/mol. The average Bonchev–Trinajstić information content (AvgIpc) is 1.86. The van der Waals surface area contributed by atoms with Crippen molar-refractivity contribution in [3.05, 3.63) is 0 Å². The van der Waals surface area contributed by atoms with Crippen LogP contribution in [0.5, 0.6) is 0 Å². The SMILES string of the molecule is CCC(C)(CN(C)C)C(C)=O. The number of Topliss-reactive ketones (excluding diaryl/α,β-unsaturated/α-hetero) is 1. The van der Waals surface area contributed by atoms with Crippen LogP contribution in [0.4, 0.5) is 0 Å². The van der Waals surface area contributed by atoms with E-state index in [2.05, 4.69) is 11.8 Å². The molecule has 66 valence electrons. The fourth-order valence-corrected chi connectivity index (χ4v) is 1.17. The van der Waals surface area contributed by atoms with Crippen molar-refractivity contribution in [1.82, 2.24) is 4.90 Å². The van der Waals surface area contributed by atoms with Gasteiger partial charge in [-0.3, -0.25) is 4.79 Å². The number of hydrogen-bond acceptors (Lipinski definition) is 2. The van der Waals surface area contributed by atoms with Crippen LogP contribution >= 0.6 is 0 Å². The molecule has 0 fully saturated rings. The van der Waals surface area contributed by atoms with Gasteiger partial charge in [-0.05, 0) is 27.4 Å². The quantitative estimate of drug-likeness (QED) is 0.617. The minimum atomic E-state index is -0.149. The van der Waals surface area contributed by atoms with E-state index in [0.717, 1.165) is 13.0 Å². The first kappa shape index (κ1) is 10.6. The second kappa shape index (κ2) is 3.86. The molecule has 0 bridgehead atoms. The maximum Gasteiger partial charge on any atom is 0.136 e. The molecule has 0 aromatic carbocycles. The number of carbonyl (C=O) groups excluding carboxylic acids is 1. The van der Waals surface area contributed by atoms with Crippen molar-refractivity contribution in [1.29, 1.82) is 0 Å². The Morgan fingerprint density at radius 3 is 2.00 bits per heavy atom. The van der Waals surface area contributed by atoms with E-state index in [-0.39, 0.29) is 11.2 Å². The number of rotatable bonds is 4. The fourth-order valence-electron chi connectivity index (χ4n) is 1.17. The van der Waals surface area contributed by atoms with Gasteiger partial charge < -0.3 is 4.90 Å². The Hall–Kier alpha value is -0.370. The molecule has 0 heterocycles. The van der Waals surface area contributed by atoms with Gasteiger partial charge in [-0.15, -0.1) is 0 Å². The largest absolute Gasteiger partial charge is 0.308 e. The molecule has 0 radical (unpaired) electrons. The number of nitrogens with zero attached hydrogens (tertiary/aromatic N) is 1. The predicted octanol–water partition coefficient (Wildman–Crippen LogP) is 1.55. The lowest BCUT2D eigenvalue weighted by atomic mass is 9.83. The van der Waals surface area contributed by atoms with Gasteiger partial charge in [-0.2, -0.15) is 0 Å². The van der Waals surface area contributed by atoms with Gasteiger partial charge in [0.25, 0.3) is 0 Å². The highest BCUT2D eigenvalue weighted by Crippen LogP contribution is 2.22. The van der Waals surface area contributed by atoms with E-state index >= 15 is 0 Å². The molecule has 0 aromatic rings. The minimum absolute atomic E-state index is 0.149. The summed E-state index contributed by atoms with van der Waals surface area (Å²) in [5, 5.41) is 0.